The third-order valence-electron chi connectivity index (χ3n) is 4.38. The fourth-order valence-corrected chi connectivity index (χ4v) is 3.45. The summed E-state index contributed by atoms with van der Waals surface area (Å²) in [5, 5.41) is 8.85. The Morgan fingerprint density at radius 3 is 1.72 bits per heavy atom. The molecule has 0 amide bonds. The van der Waals surface area contributed by atoms with E-state index >= 15 is 0 Å². The SMILES string of the molecule is O=C(O)C=CN(C1CCCCC1)C1CCCCC1. The number of rotatable bonds is 4. The summed E-state index contributed by atoms with van der Waals surface area (Å²) in [4.78, 5) is 13.1. The van der Waals surface area contributed by atoms with Gasteiger partial charge in [-0.1, -0.05) is 38.5 Å². The van der Waals surface area contributed by atoms with Crippen LogP contribution in [0.25, 0.3) is 0 Å². The van der Waals surface area contributed by atoms with E-state index in [1.807, 2.05) is 6.20 Å². The van der Waals surface area contributed by atoms with Crippen molar-refractivity contribution in [1.29, 1.82) is 0 Å². The molecule has 0 saturated heterocycles. The van der Waals surface area contributed by atoms with E-state index in [2.05, 4.69) is 4.90 Å². The van der Waals surface area contributed by atoms with Gasteiger partial charge in [-0.15, -0.1) is 0 Å². The number of carboxylic acids is 1. The molecule has 18 heavy (non-hydrogen) atoms. The maximum Gasteiger partial charge on any atom is 0.329 e. The second-order valence-corrected chi connectivity index (χ2v) is 5.68. The van der Waals surface area contributed by atoms with E-state index in [0.29, 0.717) is 12.1 Å². The van der Waals surface area contributed by atoms with Crippen LogP contribution in [-0.2, 0) is 4.79 Å². The van der Waals surface area contributed by atoms with Crippen LogP contribution in [0.15, 0.2) is 12.3 Å². The van der Waals surface area contributed by atoms with Gasteiger partial charge in [0.05, 0.1) is 0 Å². The number of carbonyl (C=O) groups is 1. The molecule has 2 saturated carbocycles. The van der Waals surface area contributed by atoms with Crippen LogP contribution in [0.4, 0.5) is 0 Å². The van der Waals surface area contributed by atoms with E-state index in [-0.39, 0.29) is 0 Å². The molecule has 2 rings (SSSR count). The van der Waals surface area contributed by atoms with E-state index in [1.165, 1.54) is 70.3 Å². The van der Waals surface area contributed by atoms with E-state index in [4.69, 9.17) is 5.11 Å². The van der Waals surface area contributed by atoms with E-state index in [1.54, 1.807) is 0 Å². The minimum Gasteiger partial charge on any atom is -0.478 e. The zero-order chi connectivity index (χ0) is 12.8. The summed E-state index contributed by atoms with van der Waals surface area (Å²) >= 11 is 0. The van der Waals surface area contributed by atoms with Gasteiger partial charge < -0.3 is 10.0 Å². The van der Waals surface area contributed by atoms with Crippen LogP contribution in [0.3, 0.4) is 0 Å². The molecule has 0 bridgehead atoms. The minimum atomic E-state index is -0.827. The summed E-state index contributed by atoms with van der Waals surface area (Å²) in [6, 6.07) is 1.16. The van der Waals surface area contributed by atoms with Gasteiger partial charge in [-0.3, -0.25) is 0 Å². The van der Waals surface area contributed by atoms with Crippen LogP contribution >= 0.6 is 0 Å². The third-order valence-corrected chi connectivity index (χ3v) is 4.38. The maximum absolute atomic E-state index is 10.8. The van der Waals surface area contributed by atoms with Crippen molar-refractivity contribution in [3.8, 4) is 0 Å². The van der Waals surface area contributed by atoms with Gasteiger partial charge in [-0.05, 0) is 25.7 Å². The second kappa shape index (κ2) is 6.81. The molecular formula is C15H25NO2. The lowest BCUT2D eigenvalue weighted by Crippen LogP contribution is -2.41. The molecule has 2 aliphatic carbocycles. The lowest BCUT2D eigenvalue weighted by molar-refractivity contribution is -0.131. The lowest BCUT2D eigenvalue weighted by atomic mass is 9.89. The van der Waals surface area contributed by atoms with Gasteiger partial charge in [-0.25, -0.2) is 4.79 Å². The highest BCUT2D eigenvalue weighted by molar-refractivity contribution is 5.79. The zero-order valence-corrected chi connectivity index (χ0v) is 11.2. The van der Waals surface area contributed by atoms with Crippen LogP contribution in [-0.4, -0.2) is 28.1 Å². The van der Waals surface area contributed by atoms with Gasteiger partial charge in [-0.2, -0.15) is 0 Å². The molecule has 0 atom stereocenters. The Morgan fingerprint density at radius 1 is 0.889 bits per heavy atom. The number of carboxylic acid groups (broad SMARTS) is 1. The highest BCUT2D eigenvalue weighted by Gasteiger charge is 2.26. The molecule has 3 heteroatoms. The van der Waals surface area contributed by atoms with Gasteiger partial charge in [0.25, 0.3) is 0 Å². The Hall–Kier alpha value is -0.990. The smallest absolute Gasteiger partial charge is 0.329 e. The quantitative estimate of drug-likeness (QED) is 0.777. The Balaban J connectivity index is 2.02. The lowest BCUT2D eigenvalue weighted by Gasteiger charge is -2.41. The Labute approximate surface area is 110 Å². The molecule has 0 aromatic heterocycles. The molecular weight excluding hydrogens is 226 g/mol. The van der Waals surface area contributed by atoms with Crippen molar-refractivity contribution in [2.75, 3.05) is 0 Å². The second-order valence-electron chi connectivity index (χ2n) is 5.68. The van der Waals surface area contributed by atoms with Crippen LogP contribution in [0.1, 0.15) is 64.2 Å². The standard InChI is InChI=1S/C15H25NO2/c17-15(18)11-12-16(13-7-3-1-4-8-13)14-9-5-2-6-10-14/h11-14H,1-10H2,(H,17,18). The van der Waals surface area contributed by atoms with Gasteiger partial charge in [0, 0.05) is 24.4 Å². The zero-order valence-electron chi connectivity index (χ0n) is 11.2. The van der Waals surface area contributed by atoms with Crippen molar-refractivity contribution >= 4 is 5.97 Å². The first-order valence-corrected chi connectivity index (χ1v) is 7.46. The number of nitrogens with zero attached hydrogens (tertiary/aromatic N) is 1. The Kier molecular flexibility index (Phi) is 5.09. The molecule has 0 spiro atoms. The summed E-state index contributed by atoms with van der Waals surface area (Å²) in [5.74, 6) is -0.827. The normalized spacial score (nSPS) is 23.3. The fourth-order valence-electron chi connectivity index (χ4n) is 3.45. The molecule has 0 aliphatic heterocycles. The van der Waals surface area contributed by atoms with Crippen molar-refractivity contribution in [3.05, 3.63) is 12.3 Å². The molecule has 0 aromatic rings. The molecule has 1 N–H and O–H groups in total. The fraction of sp³-hybridized carbons (Fsp3) is 0.800. The van der Waals surface area contributed by atoms with Crippen molar-refractivity contribution < 1.29 is 9.90 Å². The van der Waals surface area contributed by atoms with Crippen molar-refractivity contribution in [2.45, 2.75) is 76.3 Å². The van der Waals surface area contributed by atoms with Crippen molar-refractivity contribution in [1.82, 2.24) is 4.90 Å². The first kappa shape index (κ1) is 13.4. The first-order valence-electron chi connectivity index (χ1n) is 7.46. The van der Waals surface area contributed by atoms with Crippen LogP contribution in [0.2, 0.25) is 0 Å². The number of hydrogen-bond donors (Lipinski definition) is 1. The van der Waals surface area contributed by atoms with Gasteiger partial charge in [0.15, 0.2) is 0 Å². The summed E-state index contributed by atoms with van der Waals surface area (Å²) in [6.45, 7) is 0. The highest BCUT2D eigenvalue weighted by Crippen LogP contribution is 2.30. The van der Waals surface area contributed by atoms with Crippen LogP contribution < -0.4 is 0 Å². The predicted molar refractivity (Wildman–Crippen MR) is 72.4 cm³/mol. The summed E-state index contributed by atoms with van der Waals surface area (Å²) < 4.78 is 0. The van der Waals surface area contributed by atoms with Gasteiger partial charge in [0.1, 0.15) is 0 Å². The largest absolute Gasteiger partial charge is 0.478 e. The molecule has 0 radical (unpaired) electrons. The van der Waals surface area contributed by atoms with E-state index in [0.717, 1.165) is 0 Å². The van der Waals surface area contributed by atoms with Crippen LogP contribution in [0.5, 0.6) is 0 Å². The predicted octanol–water partition coefficient (Wildman–Crippen LogP) is 3.55. The molecule has 2 aliphatic rings. The number of hydrogen-bond acceptors (Lipinski definition) is 2. The Bertz CT molecular complexity index is 271. The average Bonchev–Trinajstić information content (AvgIpc) is 2.41. The molecule has 0 unspecified atom stereocenters. The molecule has 3 nitrogen and oxygen atoms in total. The third kappa shape index (κ3) is 3.76. The molecule has 0 heterocycles. The first-order chi connectivity index (χ1) is 8.77. The summed E-state index contributed by atoms with van der Waals surface area (Å²) in [7, 11) is 0. The minimum absolute atomic E-state index is 0.581. The highest BCUT2D eigenvalue weighted by atomic mass is 16.4. The van der Waals surface area contributed by atoms with Gasteiger partial charge in [0.2, 0.25) is 0 Å². The monoisotopic (exact) mass is 251 g/mol. The Morgan fingerprint density at radius 2 is 1.33 bits per heavy atom. The van der Waals surface area contributed by atoms with Gasteiger partial charge >= 0.3 is 5.97 Å². The summed E-state index contributed by atoms with van der Waals surface area (Å²) in [6.07, 6.45) is 16.0. The maximum atomic E-state index is 10.8. The number of aliphatic carboxylic acids is 1. The topological polar surface area (TPSA) is 40.5 Å². The van der Waals surface area contributed by atoms with Crippen molar-refractivity contribution in [2.24, 2.45) is 0 Å². The molecule has 0 aromatic carbocycles. The van der Waals surface area contributed by atoms with E-state index < -0.39 is 5.97 Å². The average molecular weight is 251 g/mol. The summed E-state index contributed by atoms with van der Waals surface area (Å²) in [5.41, 5.74) is 0. The molecule has 2 fully saturated rings. The molecule has 102 valence electrons. The van der Waals surface area contributed by atoms with E-state index in [9.17, 15) is 4.79 Å². The van der Waals surface area contributed by atoms with Crippen LogP contribution in [0, 0.1) is 0 Å². The van der Waals surface area contributed by atoms with Crippen molar-refractivity contribution in [3.63, 3.8) is 0 Å².